The summed E-state index contributed by atoms with van der Waals surface area (Å²) in [6, 6.07) is 18.2. The van der Waals surface area contributed by atoms with Crippen LogP contribution in [0.4, 0.5) is 0 Å². The van der Waals surface area contributed by atoms with E-state index >= 15 is 0 Å². The van der Waals surface area contributed by atoms with Crippen molar-refractivity contribution in [2.24, 2.45) is 0 Å². The molecule has 3 aromatic rings. The molecule has 0 bridgehead atoms. The highest BCUT2D eigenvalue weighted by Gasteiger charge is 2.09. The molecule has 0 amide bonds. The number of nitrogens with zero attached hydrogens (tertiary/aromatic N) is 1. The molecule has 0 saturated carbocycles. The monoisotopic (exact) mass is 321 g/mol. The number of rotatable bonds is 6. The summed E-state index contributed by atoms with van der Waals surface area (Å²) < 4.78 is 11.4. The summed E-state index contributed by atoms with van der Waals surface area (Å²) in [5.74, 6) is 1.65. The van der Waals surface area contributed by atoms with Crippen molar-refractivity contribution in [3.8, 4) is 28.3 Å². The van der Waals surface area contributed by atoms with Gasteiger partial charge >= 0.3 is 0 Å². The first-order valence-corrected chi connectivity index (χ1v) is 8.46. The Morgan fingerprint density at radius 3 is 2.33 bits per heavy atom. The van der Waals surface area contributed by atoms with Crippen LogP contribution in [0, 0.1) is 6.92 Å². The molecule has 0 fully saturated rings. The van der Waals surface area contributed by atoms with Crippen molar-refractivity contribution in [1.29, 1.82) is 0 Å². The van der Waals surface area contributed by atoms with E-state index in [9.17, 15) is 0 Å². The number of aromatic nitrogens is 1. The van der Waals surface area contributed by atoms with E-state index in [1.807, 2.05) is 30.3 Å². The lowest BCUT2D eigenvalue weighted by atomic mass is 10.1. The average molecular weight is 321 g/mol. The fourth-order valence-corrected chi connectivity index (χ4v) is 2.67. The van der Waals surface area contributed by atoms with Gasteiger partial charge in [-0.3, -0.25) is 0 Å². The van der Waals surface area contributed by atoms with Gasteiger partial charge in [0.15, 0.2) is 5.76 Å². The number of hydrogen-bond acceptors (Lipinski definition) is 3. The summed E-state index contributed by atoms with van der Waals surface area (Å²) in [4.78, 5) is 0. The number of hydrogen-bond donors (Lipinski definition) is 0. The molecule has 1 heterocycles. The van der Waals surface area contributed by atoms with Gasteiger partial charge in [0.2, 0.25) is 0 Å². The maximum absolute atomic E-state index is 5.89. The maximum atomic E-state index is 5.89. The molecule has 2 aromatic carbocycles. The molecule has 0 saturated heterocycles. The zero-order valence-electron chi connectivity index (χ0n) is 14.5. The number of aryl methyl sites for hydroxylation is 1. The lowest BCUT2D eigenvalue weighted by Crippen LogP contribution is -2.10. The van der Waals surface area contributed by atoms with Crippen LogP contribution in [0.1, 0.15) is 32.3 Å². The Labute approximate surface area is 143 Å². The first-order valence-electron chi connectivity index (χ1n) is 8.46. The highest BCUT2D eigenvalue weighted by molar-refractivity contribution is 5.67. The van der Waals surface area contributed by atoms with Crippen molar-refractivity contribution in [2.75, 3.05) is 0 Å². The van der Waals surface area contributed by atoms with E-state index in [4.69, 9.17) is 9.26 Å². The van der Waals surface area contributed by atoms with Gasteiger partial charge in [-0.2, -0.15) is 0 Å². The Kier molecular flexibility index (Phi) is 4.99. The lowest BCUT2D eigenvalue weighted by molar-refractivity contribution is 0.210. The van der Waals surface area contributed by atoms with Gasteiger partial charge in [0.1, 0.15) is 11.4 Å². The molecule has 0 radical (unpaired) electrons. The predicted molar refractivity (Wildman–Crippen MR) is 97.1 cm³/mol. The molecule has 0 aliphatic rings. The summed E-state index contributed by atoms with van der Waals surface area (Å²) in [7, 11) is 0. The topological polar surface area (TPSA) is 35.3 Å². The first-order chi connectivity index (χ1) is 11.7. The minimum Gasteiger partial charge on any atom is -0.491 e. The molecule has 0 spiro atoms. The average Bonchev–Trinajstić information content (AvgIpc) is 3.06. The Hall–Kier alpha value is -2.55. The van der Waals surface area contributed by atoms with Crippen LogP contribution in [0.2, 0.25) is 0 Å². The van der Waals surface area contributed by atoms with Crippen molar-refractivity contribution in [3.05, 3.63) is 60.2 Å². The van der Waals surface area contributed by atoms with Crippen LogP contribution < -0.4 is 4.74 Å². The standard InChI is InChI=1S/C21H23NO2/c1-4-5-16(3)23-19-12-10-18(11-13-19)21-14-20(22-24-21)17-8-6-15(2)7-9-17/h6-14,16H,4-5H2,1-3H3. The van der Waals surface area contributed by atoms with E-state index in [0.29, 0.717) is 0 Å². The van der Waals surface area contributed by atoms with Gasteiger partial charge in [-0.05, 0) is 44.5 Å². The van der Waals surface area contributed by atoms with Gasteiger partial charge in [-0.15, -0.1) is 0 Å². The number of benzene rings is 2. The molecular formula is C21H23NO2. The second kappa shape index (κ2) is 7.35. The molecule has 0 N–H and O–H groups in total. The quantitative estimate of drug-likeness (QED) is 0.568. The van der Waals surface area contributed by atoms with Crippen LogP contribution in [-0.4, -0.2) is 11.3 Å². The molecule has 1 atom stereocenters. The molecule has 3 heteroatoms. The molecular weight excluding hydrogens is 298 g/mol. The van der Waals surface area contributed by atoms with Crippen molar-refractivity contribution in [3.63, 3.8) is 0 Å². The van der Waals surface area contributed by atoms with E-state index in [1.165, 1.54) is 5.56 Å². The third-order valence-corrected chi connectivity index (χ3v) is 4.03. The van der Waals surface area contributed by atoms with Gasteiger partial charge in [-0.25, -0.2) is 0 Å². The molecule has 0 aliphatic heterocycles. The third kappa shape index (κ3) is 3.85. The second-order valence-corrected chi connectivity index (χ2v) is 6.18. The highest BCUT2D eigenvalue weighted by atomic mass is 16.5. The van der Waals surface area contributed by atoms with Gasteiger partial charge in [0, 0.05) is 17.2 Å². The van der Waals surface area contributed by atoms with Crippen LogP contribution in [0.5, 0.6) is 5.75 Å². The van der Waals surface area contributed by atoms with E-state index in [-0.39, 0.29) is 6.10 Å². The summed E-state index contributed by atoms with van der Waals surface area (Å²) in [6.45, 7) is 6.34. The van der Waals surface area contributed by atoms with E-state index in [2.05, 4.69) is 50.2 Å². The molecule has 0 aliphatic carbocycles. The van der Waals surface area contributed by atoms with Gasteiger partial charge in [0.25, 0.3) is 0 Å². The summed E-state index contributed by atoms with van der Waals surface area (Å²) >= 11 is 0. The minimum absolute atomic E-state index is 0.235. The molecule has 124 valence electrons. The third-order valence-electron chi connectivity index (χ3n) is 4.03. The SMILES string of the molecule is CCCC(C)Oc1ccc(-c2cc(-c3ccc(C)cc3)no2)cc1. The maximum Gasteiger partial charge on any atom is 0.167 e. The zero-order chi connectivity index (χ0) is 16.9. The smallest absolute Gasteiger partial charge is 0.167 e. The van der Waals surface area contributed by atoms with Crippen LogP contribution in [0.3, 0.4) is 0 Å². The Balaban J connectivity index is 1.74. The number of ether oxygens (including phenoxy) is 1. The van der Waals surface area contributed by atoms with Crippen molar-refractivity contribution < 1.29 is 9.26 Å². The second-order valence-electron chi connectivity index (χ2n) is 6.18. The van der Waals surface area contributed by atoms with Crippen LogP contribution >= 0.6 is 0 Å². The highest BCUT2D eigenvalue weighted by Crippen LogP contribution is 2.27. The van der Waals surface area contributed by atoms with E-state index in [1.54, 1.807) is 0 Å². The summed E-state index contributed by atoms with van der Waals surface area (Å²) in [6.07, 6.45) is 2.42. The predicted octanol–water partition coefficient (Wildman–Crippen LogP) is 5.88. The van der Waals surface area contributed by atoms with Gasteiger partial charge in [0.05, 0.1) is 6.10 Å². The normalized spacial score (nSPS) is 12.1. The molecule has 3 nitrogen and oxygen atoms in total. The summed E-state index contributed by atoms with van der Waals surface area (Å²) in [5.41, 5.74) is 4.14. The van der Waals surface area contributed by atoms with Crippen LogP contribution in [0.15, 0.2) is 59.1 Å². The fourth-order valence-electron chi connectivity index (χ4n) is 2.67. The molecule has 3 rings (SSSR count). The van der Waals surface area contributed by atoms with Gasteiger partial charge in [-0.1, -0.05) is 48.3 Å². The fraction of sp³-hybridized carbons (Fsp3) is 0.286. The van der Waals surface area contributed by atoms with Crippen molar-refractivity contribution >= 4 is 0 Å². The Bertz CT molecular complexity index is 772. The largest absolute Gasteiger partial charge is 0.491 e. The van der Waals surface area contributed by atoms with E-state index < -0.39 is 0 Å². The van der Waals surface area contributed by atoms with Crippen molar-refractivity contribution in [2.45, 2.75) is 39.7 Å². The lowest BCUT2D eigenvalue weighted by Gasteiger charge is -2.13. The van der Waals surface area contributed by atoms with Gasteiger partial charge < -0.3 is 9.26 Å². The molecule has 1 aromatic heterocycles. The zero-order valence-corrected chi connectivity index (χ0v) is 14.5. The Morgan fingerprint density at radius 1 is 1.00 bits per heavy atom. The van der Waals surface area contributed by atoms with Crippen molar-refractivity contribution in [1.82, 2.24) is 5.16 Å². The molecule has 24 heavy (non-hydrogen) atoms. The van der Waals surface area contributed by atoms with Crippen LogP contribution in [0.25, 0.3) is 22.6 Å². The Morgan fingerprint density at radius 2 is 1.67 bits per heavy atom. The molecule has 1 unspecified atom stereocenters. The minimum atomic E-state index is 0.235. The first kappa shape index (κ1) is 16.3. The van der Waals surface area contributed by atoms with E-state index in [0.717, 1.165) is 41.2 Å². The van der Waals surface area contributed by atoms with Crippen LogP contribution in [-0.2, 0) is 0 Å². The summed E-state index contributed by atoms with van der Waals surface area (Å²) in [5, 5.41) is 4.18.